The van der Waals surface area contributed by atoms with E-state index in [1.54, 1.807) is 14.2 Å². The molecule has 0 unspecified atom stereocenters. The number of hydrogen-bond acceptors (Lipinski definition) is 5. The van der Waals surface area contributed by atoms with Gasteiger partial charge in [-0.25, -0.2) is 0 Å². The molecule has 6 nitrogen and oxygen atoms in total. The topological polar surface area (TPSA) is 74.0 Å². The third-order valence-electron chi connectivity index (χ3n) is 6.23. The highest BCUT2D eigenvalue weighted by Crippen LogP contribution is 2.45. The number of rotatable bonds is 5. The Labute approximate surface area is 171 Å². The molecule has 0 radical (unpaired) electrons. The third-order valence-corrected chi connectivity index (χ3v) is 6.23. The molecule has 6 heteroatoms. The highest BCUT2D eigenvalue weighted by molar-refractivity contribution is 5.79. The Kier molecular flexibility index (Phi) is 5.37. The van der Waals surface area contributed by atoms with Crippen molar-refractivity contribution in [2.45, 2.75) is 31.2 Å². The van der Waals surface area contributed by atoms with E-state index in [9.17, 15) is 4.79 Å². The van der Waals surface area contributed by atoms with Crippen molar-refractivity contribution >= 4 is 5.91 Å². The van der Waals surface area contributed by atoms with Gasteiger partial charge >= 0.3 is 0 Å². The average molecular weight is 396 g/mol. The number of carbonyl (C=O) groups excluding carboxylic acids is 1. The lowest BCUT2D eigenvalue weighted by atomic mass is 9.74. The summed E-state index contributed by atoms with van der Waals surface area (Å²) in [5, 5.41) is 0. The molecule has 0 aliphatic carbocycles. The maximum absolute atomic E-state index is 12.9. The first kappa shape index (κ1) is 19.6. The highest BCUT2D eigenvalue weighted by Gasteiger charge is 2.43. The van der Waals surface area contributed by atoms with Gasteiger partial charge < -0.3 is 24.8 Å². The van der Waals surface area contributed by atoms with Gasteiger partial charge in [0.1, 0.15) is 5.75 Å². The van der Waals surface area contributed by atoms with Gasteiger partial charge in [0.2, 0.25) is 5.91 Å². The van der Waals surface area contributed by atoms with Crippen molar-refractivity contribution in [3.8, 4) is 17.2 Å². The van der Waals surface area contributed by atoms with E-state index >= 15 is 0 Å². The van der Waals surface area contributed by atoms with Crippen molar-refractivity contribution < 1.29 is 19.0 Å². The largest absolute Gasteiger partial charge is 0.493 e. The number of nitrogens with zero attached hydrogens (tertiary/aromatic N) is 1. The van der Waals surface area contributed by atoms with E-state index in [1.165, 1.54) is 5.56 Å². The van der Waals surface area contributed by atoms with Crippen molar-refractivity contribution in [1.29, 1.82) is 0 Å². The second-order valence-electron chi connectivity index (χ2n) is 7.85. The number of benzene rings is 2. The molecule has 2 aromatic carbocycles. The van der Waals surface area contributed by atoms with Gasteiger partial charge in [-0.1, -0.05) is 18.2 Å². The zero-order valence-electron chi connectivity index (χ0n) is 17.1. The molecule has 1 amide bonds. The predicted molar refractivity (Wildman–Crippen MR) is 111 cm³/mol. The number of amides is 1. The summed E-state index contributed by atoms with van der Waals surface area (Å²) in [6.07, 6.45) is 2.18. The monoisotopic (exact) mass is 396 g/mol. The van der Waals surface area contributed by atoms with Gasteiger partial charge in [0.05, 0.1) is 27.2 Å². The van der Waals surface area contributed by atoms with Gasteiger partial charge in [-0.3, -0.25) is 4.79 Å². The van der Waals surface area contributed by atoms with Crippen LogP contribution in [0.25, 0.3) is 0 Å². The number of hydrogen-bond donors (Lipinski definition) is 1. The van der Waals surface area contributed by atoms with Crippen LogP contribution in [0.15, 0.2) is 36.4 Å². The minimum atomic E-state index is 0.000622. The Balaban J connectivity index is 1.42. The fourth-order valence-corrected chi connectivity index (χ4v) is 4.41. The van der Waals surface area contributed by atoms with Gasteiger partial charge in [-0.15, -0.1) is 0 Å². The van der Waals surface area contributed by atoms with Crippen molar-refractivity contribution in [3.63, 3.8) is 0 Å². The van der Waals surface area contributed by atoms with Gasteiger partial charge in [0.25, 0.3) is 0 Å². The van der Waals surface area contributed by atoms with Crippen LogP contribution in [0.2, 0.25) is 0 Å². The minimum absolute atomic E-state index is 0.000622. The zero-order valence-corrected chi connectivity index (χ0v) is 17.1. The average Bonchev–Trinajstić information content (AvgIpc) is 3.11. The van der Waals surface area contributed by atoms with Crippen molar-refractivity contribution in [2.75, 3.05) is 33.9 Å². The summed E-state index contributed by atoms with van der Waals surface area (Å²) in [4.78, 5) is 14.8. The molecule has 2 aromatic rings. The number of methoxy groups -OCH3 is 2. The van der Waals surface area contributed by atoms with Crippen LogP contribution >= 0.6 is 0 Å². The standard InChI is InChI=1S/C23H28N2O4/c1-27-20-6-3-16(12-21(20)28-2)13-22(26)25-9-7-23(8-10-25)15-29-19-5-4-17(14-24)11-18(19)23/h3-6,11-12H,7-10,13-15,24H2,1-2H3. The van der Waals surface area contributed by atoms with Crippen molar-refractivity contribution in [1.82, 2.24) is 4.90 Å². The molecule has 2 heterocycles. The highest BCUT2D eigenvalue weighted by atomic mass is 16.5. The fraction of sp³-hybridized carbons (Fsp3) is 0.435. The van der Waals surface area contributed by atoms with Crippen LogP contribution in [0.4, 0.5) is 0 Å². The predicted octanol–water partition coefficient (Wildman–Crippen LogP) is 2.66. The normalized spacial score (nSPS) is 17.0. The molecule has 29 heavy (non-hydrogen) atoms. The SMILES string of the molecule is COc1ccc(CC(=O)N2CCC3(CC2)COc2ccc(CN)cc23)cc1OC. The Bertz CT molecular complexity index is 904. The van der Waals surface area contributed by atoms with Crippen LogP contribution in [-0.4, -0.2) is 44.7 Å². The molecule has 1 spiro atoms. The summed E-state index contributed by atoms with van der Waals surface area (Å²) in [7, 11) is 3.21. The fourth-order valence-electron chi connectivity index (χ4n) is 4.41. The Morgan fingerprint density at radius 3 is 2.48 bits per heavy atom. The smallest absolute Gasteiger partial charge is 0.226 e. The molecule has 2 aliphatic rings. The maximum atomic E-state index is 12.9. The first-order valence-corrected chi connectivity index (χ1v) is 10.0. The molecule has 0 atom stereocenters. The van der Waals surface area contributed by atoms with Crippen LogP contribution < -0.4 is 19.9 Å². The van der Waals surface area contributed by atoms with Crippen LogP contribution in [0.1, 0.15) is 29.5 Å². The summed E-state index contributed by atoms with van der Waals surface area (Å²) in [5.74, 6) is 2.42. The first-order chi connectivity index (χ1) is 14.1. The number of piperidine rings is 1. The van der Waals surface area contributed by atoms with E-state index in [-0.39, 0.29) is 11.3 Å². The van der Waals surface area contributed by atoms with Crippen LogP contribution in [0, 0.1) is 0 Å². The van der Waals surface area contributed by atoms with Gasteiger partial charge in [0, 0.05) is 30.6 Å². The second kappa shape index (κ2) is 7.95. The molecule has 1 saturated heterocycles. The van der Waals surface area contributed by atoms with Crippen LogP contribution in [0.3, 0.4) is 0 Å². The Morgan fingerprint density at radius 1 is 1.07 bits per heavy atom. The Morgan fingerprint density at radius 2 is 1.79 bits per heavy atom. The number of fused-ring (bicyclic) bond motifs is 2. The quantitative estimate of drug-likeness (QED) is 0.841. The minimum Gasteiger partial charge on any atom is -0.493 e. The van der Waals surface area contributed by atoms with E-state index in [1.807, 2.05) is 35.2 Å². The maximum Gasteiger partial charge on any atom is 0.226 e. The van der Waals surface area contributed by atoms with Crippen molar-refractivity contribution in [3.05, 3.63) is 53.1 Å². The molecule has 0 bridgehead atoms. The van der Waals surface area contributed by atoms with E-state index in [0.717, 1.165) is 42.8 Å². The van der Waals surface area contributed by atoms with Gasteiger partial charge in [-0.2, -0.15) is 0 Å². The van der Waals surface area contributed by atoms with Crippen LogP contribution in [-0.2, 0) is 23.2 Å². The molecule has 2 aliphatic heterocycles. The number of nitrogens with two attached hydrogens (primary N) is 1. The summed E-state index contributed by atoms with van der Waals surface area (Å²) >= 11 is 0. The van der Waals surface area contributed by atoms with Crippen LogP contribution in [0.5, 0.6) is 17.2 Å². The first-order valence-electron chi connectivity index (χ1n) is 10.0. The lowest BCUT2D eigenvalue weighted by molar-refractivity contribution is -0.132. The summed E-state index contributed by atoms with van der Waals surface area (Å²) < 4.78 is 16.6. The molecule has 0 saturated carbocycles. The summed E-state index contributed by atoms with van der Waals surface area (Å²) in [5.41, 5.74) is 9.13. The molecule has 154 valence electrons. The molecular formula is C23H28N2O4. The molecule has 0 aromatic heterocycles. The summed E-state index contributed by atoms with van der Waals surface area (Å²) in [6, 6.07) is 11.9. The summed E-state index contributed by atoms with van der Waals surface area (Å²) in [6.45, 7) is 2.69. The van der Waals surface area contributed by atoms with Gasteiger partial charge in [-0.05, 0) is 42.2 Å². The molecule has 4 rings (SSSR count). The Hall–Kier alpha value is -2.73. The molecule has 1 fully saturated rings. The lowest BCUT2D eigenvalue weighted by Gasteiger charge is -2.38. The molecule has 2 N–H and O–H groups in total. The number of carbonyl (C=O) groups is 1. The van der Waals surface area contributed by atoms with E-state index in [0.29, 0.717) is 31.1 Å². The molecular weight excluding hydrogens is 368 g/mol. The number of ether oxygens (including phenoxy) is 3. The zero-order chi connectivity index (χ0) is 20.4. The number of likely N-dealkylation sites (tertiary alicyclic amines) is 1. The third kappa shape index (κ3) is 3.65. The lowest BCUT2D eigenvalue weighted by Crippen LogP contribution is -2.46. The van der Waals surface area contributed by atoms with Gasteiger partial charge in [0.15, 0.2) is 11.5 Å². The van der Waals surface area contributed by atoms with E-state index in [4.69, 9.17) is 19.9 Å². The van der Waals surface area contributed by atoms with Crippen molar-refractivity contribution in [2.24, 2.45) is 5.73 Å². The van der Waals surface area contributed by atoms with E-state index < -0.39 is 0 Å². The second-order valence-corrected chi connectivity index (χ2v) is 7.85. The van der Waals surface area contributed by atoms with E-state index in [2.05, 4.69) is 6.07 Å².